The molecule has 0 aliphatic carbocycles. The van der Waals surface area contributed by atoms with Crippen molar-refractivity contribution in [2.45, 2.75) is 31.9 Å². The van der Waals surface area contributed by atoms with Gasteiger partial charge in [0.1, 0.15) is 0 Å². The summed E-state index contributed by atoms with van der Waals surface area (Å²) in [6.45, 7) is 1.47. The average molecular weight is 317 g/mol. The molecule has 0 unspecified atom stereocenters. The molecule has 122 valence electrons. The fourth-order valence-electron chi connectivity index (χ4n) is 2.80. The minimum absolute atomic E-state index is 0.0931. The van der Waals surface area contributed by atoms with E-state index in [1.54, 1.807) is 24.3 Å². The van der Waals surface area contributed by atoms with Crippen molar-refractivity contribution >= 4 is 16.8 Å². The van der Waals surface area contributed by atoms with Crippen molar-refractivity contribution in [1.82, 2.24) is 14.9 Å². The zero-order chi connectivity index (χ0) is 16.2. The number of carbonyl (C=O) groups excluding carboxylic acids is 1. The third kappa shape index (κ3) is 3.50. The predicted molar refractivity (Wildman–Crippen MR) is 85.4 cm³/mol. The molecule has 1 saturated heterocycles. The van der Waals surface area contributed by atoms with Crippen molar-refractivity contribution in [2.75, 3.05) is 13.2 Å². The molecule has 1 aliphatic heterocycles. The van der Waals surface area contributed by atoms with E-state index in [9.17, 15) is 14.4 Å². The monoisotopic (exact) mass is 317 g/mol. The summed E-state index contributed by atoms with van der Waals surface area (Å²) >= 11 is 0. The van der Waals surface area contributed by atoms with Crippen molar-refractivity contribution < 1.29 is 9.53 Å². The fraction of sp³-hybridized carbons (Fsp3) is 0.438. The summed E-state index contributed by atoms with van der Waals surface area (Å²) in [4.78, 5) is 38.0. The van der Waals surface area contributed by atoms with Crippen LogP contribution in [0.3, 0.4) is 0 Å². The highest BCUT2D eigenvalue weighted by atomic mass is 16.5. The third-order valence-electron chi connectivity index (χ3n) is 4.02. The van der Waals surface area contributed by atoms with Crippen molar-refractivity contribution in [3.05, 3.63) is 45.1 Å². The number of benzene rings is 1. The summed E-state index contributed by atoms with van der Waals surface area (Å²) in [5.74, 6) is -0.136. The van der Waals surface area contributed by atoms with Gasteiger partial charge in [-0.15, -0.1) is 0 Å². The van der Waals surface area contributed by atoms with Gasteiger partial charge in [-0.3, -0.25) is 19.1 Å². The van der Waals surface area contributed by atoms with E-state index in [0.717, 1.165) is 19.4 Å². The van der Waals surface area contributed by atoms with Gasteiger partial charge in [-0.2, -0.15) is 0 Å². The van der Waals surface area contributed by atoms with E-state index in [2.05, 4.69) is 10.3 Å². The molecule has 1 aromatic heterocycles. The maximum absolute atomic E-state index is 12.0. The van der Waals surface area contributed by atoms with Crippen LogP contribution in [0.2, 0.25) is 0 Å². The van der Waals surface area contributed by atoms with Crippen molar-refractivity contribution in [3.8, 4) is 0 Å². The number of H-pyrrole nitrogens is 1. The summed E-state index contributed by atoms with van der Waals surface area (Å²) in [6.07, 6.45) is 2.25. The molecule has 3 rings (SSSR count). The maximum atomic E-state index is 12.0. The first kappa shape index (κ1) is 15.5. The third-order valence-corrected chi connectivity index (χ3v) is 4.02. The van der Waals surface area contributed by atoms with Crippen LogP contribution >= 0.6 is 0 Å². The standard InChI is InChI=1S/C16H19N3O4/c20-14(17-10-11-4-3-9-23-11)7-8-19-13-6-2-1-5-12(13)15(21)18-16(19)22/h1-2,5-6,11H,3-4,7-10H2,(H,17,20)(H,18,21,22)/t11-/m1/s1. The second-order valence-corrected chi connectivity index (χ2v) is 5.62. The Labute approximate surface area is 132 Å². The van der Waals surface area contributed by atoms with Crippen LogP contribution in [-0.4, -0.2) is 34.7 Å². The van der Waals surface area contributed by atoms with Gasteiger partial charge in [0.25, 0.3) is 5.56 Å². The van der Waals surface area contributed by atoms with Gasteiger partial charge in [0, 0.05) is 26.1 Å². The lowest BCUT2D eigenvalue weighted by Crippen LogP contribution is -2.34. The molecule has 2 N–H and O–H groups in total. The molecule has 1 atom stereocenters. The molecule has 0 bridgehead atoms. The second-order valence-electron chi connectivity index (χ2n) is 5.62. The molecule has 0 spiro atoms. The fourth-order valence-corrected chi connectivity index (χ4v) is 2.80. The van der Waals surface area contributed by atoms with Gasteiger partial charge in [-0.1, -0.05) is 12.1 Å². The number of nitrogens with one attached hydrogen (secondary N) is 2. The number of aromatic nitrogens is 2. The number of amides is 1. The number of hydrogen-bond acceptors (Lipinski definition) is 4. The van der Waals surface area contributed by atoms with Crippen LogP contribution in [0.5, 0.6) is 0 Å². The lowest BCUT2D eigenvalue weighted by atomic mass is 10.2. The van der Waals surface area contributed by atoms with Gasteiger partial charge in [-0.25, -0.2) is 4.79 Å². The van der Waals surface area contributed by atoms with E-state index in [-0.39, 0.29) is 25.0 Å². The molecular formula is C16H19N3O4. The Morgan fingerprint density at radius 1 is 1.35 bits per heavy atom. The molecule has 1 aliphatic rings. The van der Waals surface area contributed by atoms with E-state index in [0.29, 0.717) is 17.4 Å². The van der Waals surface area contributed by atoms with Crippen LogP contribution < -0.4 is 16.6 Å². The Hall–Kier alpha value is -2.41. The lowest BCUT2D eigenvalue weighted by molar-refractivity contribution is -0.121. The van der Waals surface area contributed by atoms with Gasteiger partial charge in [-0.05, 0) is 25.0 Å². The maximum Gasteiger partial charge on any atom is 0.328 e. The molecule has 7 nitrogen and oxygen atoms in total. The highest BCUT2D eigenvalue weighted by molar-refractivity contribution is 5.78. The molecular weight excluding hydrogens is 298 g/mol. The van der Waals surface area contributed by atoms with Crippen LogP contribution in [0, 0.1) is 0 Å². The van der Waals surface area contributed by atoms with Gasteiger partial charge in [0.05, 0.1) is 17.0 Å². The molecule has 7 heteroatoms. The van der Waals surface area contributed by atoms with Crippen LogP contribution in [0.4, 0.5) is 0 Å². The van der Waals surface area contributed by atoms with Gasteiger partial charge in [0.15, 0.2) is 0 Å². The molecule has 0 saturated carbocycles. The summed E-state index contributed by atoms with van der Waals surface area (Å²) in [5.41, 5.74) is -0.376. The summed E-state index contributed by atoms with van der Waals surface area (Å²) in [5, 5.41) is 3.26. The van der Waals surface area contributed by atoms with E-state index >= 15 is 0 Å². The molecule has 1 fully saturated rings. The highest BCUT2D eigenvalue weighted by Gasteiger charge is 2.16. The highest BCUT2D eigenvalue weighted by Crippen LogP contribution is 2.10. The minimum atomic E-state index is -0.499. The van der Waals surface area contributed by atoms with Gasteiger partial charge in [0.2, 0.25) is 5.91 Å². The Morgan fingerprint density at radius 2 is 2.17 bits per heavy atom. The molecule has 0 radical (unpaired) electrons. The number of nitrogens with zero attached hydrogens (tertiary/aromatic N) is 1. The molecule has 2 heterocycles. The number of fused-ring (bicyclic) bond motifs is 1. The summed E-state index contributed by atoms with van der Waals surface area (Å²) in [7, 11) is 0. The molecule has 1 amide bonds. The molecule has 1 aromatic carbocycles. The number of para-hydroxylation sites is 1. The number of aryl methyl sites for hydroxylation is 1. The Morgan fingerprint density at radius 3 is 2.96 bits per heavy atom. The van der Waals surface area contributed by atoms with E-state index in [1.165, 1.54) is 4.57 Å². The number of carbonyl (C=O) groups is 1. The first-order valence-corrected chi connectivity index (χ1v) is 7.75. The van der Waals surface area contributed by atoms with Crippen LogP contribution in [0.1, 0.15) is 19.3 Å². The summed E-state index contributed by atoms with van der Waals surface area (Å²) in [6, 6.07) is 6.85. The lowest BCUT2D eigenvalue weighted by Gasteiger charge is -2.12. The zero-order valence-corrected chi connectivity index (χ0v) is 12.7. The van der Waals surface area contributed by atoms with Crippen molar-refractivity contribution in [3.63, 3.8) is 0 Å². The molecule has 2 aromatic rings. The van der Waals surface area contributed by atoms with E-state index in [4.69, 9.17) is 4.74 Å². The van der Waals surface area contributed by atoms with Crippen molar-refractivity contribution in [2.24, 2.45) is 0 Å². The smallest absolute Gasteiger partial charge is 0.328 e. The Kier molecular flexibility index (Phi) is 4.57. The van der Waals surface area contributed by atoms with Crippen LogP contribution in [-0.2, 0) is 16.1 Å². The van der Waals surface area contributed by atoms with E-state index < -0.39 is 11.2 Å². The quantitative estimate of drug-likeness (QED) is 0.833. The van der Waals surface area contributed by atoms with Gasteiger partial charge < -0.3 is 10.1 Å². The van der Waals surface area contributed by atoms with Crippen LogP contribution in [0.25, 0.3) is 10.9 Å². The van der Waals surface area contributed by atoms with Gasteiger partial charge >= 0.3 is 5.69 Å². The number of hydrogen-bond donors (Lipinski definition) is 2. The Balaban J connectivity index is 1.68. The normalized spacial score (nSPS) is 17.5. The predicted octanol–water partition coefficient (Wildman–Crippen LogP) is 0.375. The van der Waals surface area contributed by atoms with Crippen molar-refractivity contribution in [1.29, 1.82) is 0 Å². The van der Waals surface area contributed by atoms with Crippen LogP contribution in [0.15, 0.2) is 33.9 Å². The topological polar surface area (TPSA) is 93.2 Å². The molecule has 23 heavy (non-hydrogen) atoms. The first-order chi connectivity index (χ1) is 11.1. The summed E-state index contributed by atoms with van der Waals surface area (Å²) < 4.78 is 6.87. The number of rotatable bonds is 5. The number of ether oxygens (including phenoxy) is 1. The zero-order valence-electron chi connectivity index (χ0n) is 12.7. The largest absolute Gasteiger partial charge is 0.376 e. The number of aromatic amines is 1. The second kappa shape index (κ2) is 6.78. The first-order valence-electron chi connectivity index (χ1n) is 7.75. The minimum Gasteiger partial charge on any atom is -0.376 e. The van der Waals surface area contributed by atoms with E-state index in [1.807, 2.05) is 0 Å². The SMILES string of the molecule is O=C(CCn1c(=O)[nH]c(=O)c2ccccc21)NC[C@H]1CCCO1. The average Bonchev–Trinajstić information content (AvgIpc) is 3.06. The Bertz CT molecular complexity index is 818.